The molecule has 0 aromatic carbocycles. The highest BCUT2D eigenvalue weighted by Crippen LogP contribution is 2.48. The van der Waals surface area contributed by atoms with Gasteiger partial charge in [0.25, 0.3) is 0 Å². The van der Waals surface area contributed by atoms with Gasteiger partial charge in [-0.25, -0.2) is 0 Å². The maximum absolute atomic E-state index is 11.2. The molecule has 0 amide bonds. The highest BCUT2D eigenvalue weighted by molar-refractivity contribution is 8.06. The van der Waals surface area contributed by atoms with E-state index in [0.29, 0.717) is 0 Å². The number of carbonyl (C=O) groups is 1. The Bertz CT molecular complexity index is 747. The third-order valence-electron chi connectivity index (χ3n) is 4.13. The minimum atomic E-state index is -0.420. The summed E-state index contributed by atoms with van der Waals surface area (Å²) in [7, 11) is 1.95. The second-order valence-electron chi connectivity index (χ2n) is 5.30. The third kappa shape index (κ3) is 1.83. The molecular formula is C17H14N2OS. The molecular weight excluding hydrogens is 280 g/mol. The van der Waals surface area contributed by atoms with E-state index in [4.69, 9.17) is 0 Å². The first kappa shape index (κ1) is 12.7. The summed E-state index contributed by atoms with van der Waals surface area (Å²) in [4.78, 5) is 18.9. The van der Waals surface area contributed by atoms with Crippen LogP contribution in [0.25, 0.3) is 0 Å². The van der Waals surface area contributed by atoms with Crippen LogP contribution in [0.2, 0.25) is 0 Å². The van der Waals surface area contributed by atoms with E-state index in [9.17, 15) is 4.79 Å². The Labute approximate surface area is 127 Å². The number of nitrogens with zero attached hydrogens (tertiary/aromatic N) is 2. The van der Waals surface area contributed by atoms with Crippen molar-refractivity contribution in [1.29, 1.82) is 0 Å². The smallest absolute Gasteiger partial charge is 0.177 e. The Hall–Kier alpha value is -2.07. The summed E-state index contributed by atoms with van der Waals surface area (Å²) in [6.45, 7) is 0. The minimum absolute atomic E-state index is 0.420. The first-order valence-corrected chi connectivity index (χ1v) is 7.78. The van der Waals surface area contributed by atoms with Crippen molar-refractivity contribution in [2.24, 2.45) is 4.99 Å². The molecule has 1 atom stereocenters. The van der Waals surface area contributed by atoms with Crippen molar-refractivity contribution in [3.05, 3.63) is 68.7 Å². The Morgan fingerprint density at radius 3 is 3.14 bits per heavy atom. The largest absolute Gasteiger partial charge is 0.346 e. The fourth-order valence-electron chi connectivity index (χ4n) is 3.14. The number of thioether (sulfide) groups is 1. The van der Waals surface area contributed by atoms with Gasteiger partial charge in [-0.3, -0.25) is 9.79 Å². The van der Waals surface area contributed by atoms with Gasteiger partial charge in [0.1, 0.15) is 0 Å². The number of likely N-dealkylation sites (N-methyl/N-ethyl adjacent to an activating group) is 1. The van der Waals surface area contributed by atoms with Gasteiger partial charge in [-0.05, 0) is 22.1 Å². The number of hydrogen-bond donors (Lipinski definition) is 0. The van der Waals surface area contributed by atoms with Crippen LogP contribution < -0.4 is 0 Å². The van der Waals surface area contributed by atoms with Gasteiger partial charge < -0.3 is 4.90 Å². The highest BCUT2D eigenvalue weighted by Gasteiger charge is 2.32. The summed E-state index contributed by atoms with van der Waals surface area (Å²) in [5.74, 6) is 0. The third-order valence-corrected chi connectivity index (χ3v) is 5.14. The van der Waals surface area contributed by atoms with Gasteiger partial charge in [0.05, 0.1) is 5.70 Å². The molecule has 0 radical (unpaired) electrons. The van der Waals surface area contributed by atoms with E-state index in [-0.39, 0.29) is 0 Å². The van der Waals surface area contributed by atoms with Crippen LogP contribution in [-0.2, 0) is 4.79 Å². The Balaban J connectivity index is 1.94. The summed E-state index contributed by atoms with van der Waals surface area (Å²) in [5.41, 5.74) is 6.15. The van der Waals surface area contributed by atoms with Crippen LogP contribution in [0, 0.1) is 0 Å². The van der Waals surface area contributed by atoms with E-state index in [1.165, 1.54) is 21.6 Å². The predicted molar refractivity (Wildman–Crippen MR) is 86.8 cm³/mol. The zero-order valence-electron chi connectivity index (χ0n) is 11.6. The normalized spacial score (nSPS) is 26.1. The van der Waals surface area contributed by atoms with Crippen molar-refractivity contribution in [3.8, 4) is 0 Å². The van der Waals surface area contributed by atoms with E-state index in [0.717, 1.165) is 24.0 Å². The maximum Gasteiger partial charge on any atom is 0.177 e. The zero-order chi connectivity index (χ0) is 14.4. The van der Waals surface area contributed by atoms with Crippen LogP contribution in [0.5, 0.6) is 0 Å². The molecule has 4 aliphatic rings. The van der Waals surface area contributed by atoms with E-state index >= 15 is 0 Å². The lowest BCUT2D eigenvalue weighted by atomic mass is 10.00. The molecule has 0 saturated carbocycles. The molecule has 2 aliphatic carbocycles. The number of fused-ring (bicyclic) bond motifs is 3. The summed E-state index contributed by atoms with van der Waals surface area (Å²) in [5, 5.41) is 2.12. The molecule has 0 saturated heterocycles. The summed E-state index contributed by atoms with van der Waals surface area (Å²) < 4.78 is 0. The van der Waals surface area contributed by atoms with Crippen molar-refractivity contribution in [2.75, 3.05) is 7.05 Å². The predicted octanol–water partition coefficient (Wildman–Crippen LogP) is 3.12. The Morgan fingerprint density at radius 2 is 2.29 bits per heavy atom. The lowest BCUT2D eigenvalue weighted by Crippen LogP contribution is -2.35. The topological polar surface area (TPSA) is 32.7 Å². The molecule has 1 unspecified atom stereocenters. The first-order chi connectivity index (χ1) is 10.3. The van der Waals surface area contributed by atoms with Crippen LogP contribution in [0.3, 0.4) is 0 Å². The number of rotatable bonds is 1. The van der Waals surface area contributed by atoms with Crippen molar-refractivity contribution < 1.29 is 4.79 Å². The van der Waals surface area contributed by atoms with Gasteiger partial charge in [-0.15, -0.1) is 0 Å². The Morgan fingerprint density at radius 1 is 1.38 bits per heavy atom. The van der Waals surface area contributed by atoms with Gasteiger partial charge in [0, 0.05) is 30.2 Å². The van der Waals surface area contributed by atoms with Gasteiger partial charge in [-0.2, -0.15) is 0 Å². The van der Waals surface area contributed by atoms with E-state index in [2.05, 4.69) is 40.8 Å². The molecule has 3 nitrogen and oxygen atoms in total. The van der Waals surface area contributed by atoms with Gasteiger partial charge in [0.2, 0.25) is 0 Å². The van der Waals surface area contributed by atoms with Gasteiger partial charge in [0.15, 0.2) is 12.5 Å². The average molecular weight is 294 g/mol. The number of aldehydes is 1. The average Bonchev–Trinajstić information content (AvgIpc) is 2.76. The van der Waals surface area contributed by atoms with E-state index in [1.54, 1.807) is 11.8 Å². The standard InChI is InChI=1S/C17H14N2OS/c1-19-15(10-20)18-9-12-4-2-6-13-14(16(12)19)8-11-5-3-7-21-17(11)13/h2-7,9-10,15H,8H2,1H3. The number of aliphatic imine (C=N–C) groups is 1. The Kier molecular flexibility index (Phi) is 2.86. The second kappa shape index (κ2) is 4.74. The summed E-state index contributed by atoms with van der Waals surface area (Å²) >= 11 is 1.78. The number of allylic oxidation sites excluding steroid dienone is 9. The van der Waals surface area contributed by atoms with Crippen LogP contribution in [0.15, 0.2) is 73.7 Å². The molecule has 0 aromatic heterocycles. The molecule has 104 valence electrons. The van der Waals surface area contributed by atoms with Crippen LogP contribution >= 0.6 is 11.8 Å². The van der Waals surface area contributed by atoms with E-state index in [1.807, 2.05) is 18.2 Å². The van der Waals surface area contributed by atoms with Crippen LogP contribution in [0.4, 0.5) is 0 Å². The molecule has 21 heavy (non-hydrogen) atoms. The molecule has 0 spiro atoms. The second-order valence-corrected chi connectivity index (χ2v) is 6.22. The van der Waals surface area contributed by atoms with E-state index < -0.39 is 6.17 Å². The molecule has 0 aromatic rings. The monoisotopic (exact) mass is 294 g/mol. The van der Waals surface area contributed by atoms with Crippen molar-refractivity contribution in [1.82, 2.24) is 4.90 Å². The molecule has 0 N–H and O–H groups in total. The SMILES string of the molecule is CN1C2=C3CC4=CC=CSC4=C3C=CC=C2C=NC1C=O. The van der Waals surface area contributed by atoms with Gasteiger partial charge in [-0.1, -0.05) is 42.1 Å². The number of hydrogen-bond acceptors (Lipinski definition) is 4. The molecule has 0 bridgehead atoms. The van der Waals surface area contributed by atoms with Crippen molar-refractivity contribution in [2.45, 2.75) is 12.6 Å². The molecule has 2 heterocycles. The lowest BCUT2D eigenvalue weighted by Gasteiger charge is -2.31. The highest BCUT2D eigenvalue weighted by atomic mass is 32.2. The summed E-state index contributed by atoms with van der Waals surface area (Å²) in [6.07, 6.45) is 13.8. The summed E-state index contributed by atoms with van der Waals surface area (Å²) in [6, 6.07) is 0. The fraction of sp³-hybridized carbons (Fsp3) is 0.176. The molecule has 4 rings (SSSR count). The zero-order valence-corrected chi connectivity index (χ0v) is 12.4. The fourth-order valence-corrected chi connectivity index (χ4v) is 4.04. The van der Waals surface area contributed by atoms with Crippen molar-refractivity contribution in [3.63, 3.8) is 0 Å². The lowest BCUT2D eigenvalue weighted by molar-refractivity contribution is -0.111. The quantitative estimate of drug-likeness (QED) is 0.697. The van der Waals surface area contributed by atoms with Crippen LogP contribution in [0.1, 0.15) is 6.42 Å². The number of carbonyl (C=O) groups excluding carboxylic acids is 1. The molecule has 0 fully saturated rings. The minimum Gasteiger partial charge on any atom is -0.346 e. The van der Waals surface area contributed by atoms with Crippen molar-refractivity contribution >= 4 is 24.3 Å². The van der Waals surface area contributed by atoms with Gasteiger partial charge >= 0.3 is 0 Å². The molecule has 2 aliphatic heterocycles. The maximum atomic E-state index is 11.2. The first-order valence-electron chi connectivity index (χ1n) is 6.90. The van der Waals surface area contributed by atoms with Crippen LogP contribution in [-0.4, -0.2) is 30.6 Å². The molecule has 4 heteroatoms.